The maximum absolute atomic E-state index is 12.5. The monoisotopic (exact) mass is 391 g/mol. The van der Waals surface area contributed by atoms with Crippen molar-refractivity contribution in [2.45, 2.75) is 6.54 Å². The van der Waals surface area contributed by atoms with Crippen molar-refractivity contribution < 1.29 is 14.3 Å². The molecule has 1 aromatic carbocycles. The first kappa shape index (κ1) is 18.7. The number of imidazole rings is 1. The van der Waals surface area contributed by atoms with Crippen LogP contribution >= 0.6 is 0 Å². The molecule has 0 spiro atoms. The lowest BCUT2D eigenvalue weighted by Gasteiger charge is -2.07. The van der Waals surface area contributed by atoms with Gasteiger partial charge in [0.25, 0.3) is 5.91 Å². The quantitative estimate of drug-likeness (QED) is 0.467. The van der Waals surface area contributed by atoms with Gasteiger partial charge < -0.3 is 19.2 Å². The van der Waals surface area contributed by atoms with E-state index in [9.17, 15) is 4.79 Å². The van der Waals surface area contributed by atoms with Gasteiger partial charge in [-0.1, -0.05) is 12.1 Å². The maximum atomic E-state index is 12.5. The van der Waals surface area contributed by atoms with E-state index in [2.05, 4.69) is 15.4 Å². The van der Waals surface area contributed by atoms with Crippen LogP contribution in [0.5, 0.6) is 5.75 Å². The first-order chi connectivity index (χ1) is 14.2. The second-order valence-corrected chi connectivity index (χ2v) is 6.45. The maximum Gasteiger partial charge on any atom is 0.255 e. The molecule has 0 saturated carbocycles. The van der Waals surface area contributed by atoms with Gasteiger partial charge in [-0.25, -0.2) is 4.98 Å². The first-order valence-electron chi connectivity index (χ1n) is 9.19. The molecule has 0 radical (unpaired) electrons. The highest BCUT2D eigenvalue weighted by Crippen LogP contribution is 2.16. The van der Waals surface area contributed by atoms with Crippen molar-refractivity contribution in [1.29, 1.82) is 0 Å². The van der Waals surface area contributed by atoms with Crippen LogP contribution in [0.4, 0.5) is 5.69 Å². The lowest BCUT2D eigenvalue weighted by atomic mass is 10.2. The van der Waals surface area contributed by atoms with E-state index in [1.54, 1.807) is 48.5 Å². The van der Waals surface area contributed by atoms with Gasteiger partial charge in [-0.3, -0.25) is 9.48 Å². The number of methoxy groups -OCH3 is 1. The minimum absolute atomic E-state index is 0.227. The second-order valence-electron chi connectivity index (χ2n) is 6.45. The minimum atomic E-state index is -0.227. The molecular formula is C21H21N5O3. The number of fused-ring (bicyclic) bond motifs is 1. The number of hydrogen-bond donors (Lipinski definition) is 1. The van der Waals surface area contributed by atoms with Crippen LogP contribution in [-0.4, -0.2) is 45.4 Å². The fourth-order valence-corrected chi connectivity index (χ4v) is 2.92. The lowest BCUT2D eigenvalue weighted by molar-refractivity contribution is 0.102. The topological polar surface area (TPSA) is 82.7 Å². The third-order valence-electron chi connectivity index (χ3n) is 4.28. The number of hydrogen-bond acceptors (Lipinski definition) is 5. The zero-order valence-electron chi connectivity index (χ0n) is 16.0. The van der Waals surface area contributed by atoms with Gasteiger partial charge in [0.2, 0.25) is 0 Å². The summed E-state index contributed by atoms with van der Waals surface area (Å²) in [6.45, 7) is 1.43. The van der Waals surface area contributed by atoms with Gasteiger partial charge in [0, 0.05) is 31.3 Å². The third-order valence-corrected chi connectivity index (χ3v) is 4.28. The van der Waals surface area contributed by atoms with Gasteiger partial charge in [-0.05, 0) is 30.3 Å². The summed E-state index contributed by atoms with van der Waals surface area (Å²) in [4.78, 5) is 17.1. The van der Waals surface area contributed by atoms with Crippen LogP contribution in [-0.2, 0) is 11.3 Å². The number of carbonyl (C=O) groups excluding carboxylic acids is 1. The fourth-order valence-electron chi connectivity index (χ4n) is 2.92. The zero-order valence-corrected chi connectivity index (χ0v) is 16.0. The van der Waals surface area contributed by atoms with Crippen LogP contribution in [0.15, 0.2) is 67.3 Å². The van der Waals surface area contributed by atoms with Gasteiger partial charge >= 0.3 is 0 Å². The van der Waals surface area contributed by atoms with E-state index in [0.29, 0.717) is 36.8 Å². The molecule has 8 nitrogen and oxygen atoms in total. The molecule has 4 aromatic rings. The third kappa shape index (κ3) is 4.61. The molecule has 0 fully saturated rings. The second kappa shape index (κ2) is 8.57. The Labute approximate surface area is 167 Å². The Morgan fingerprint density at radius 2 is 2.07 bits per heavy atom. The van der Waals surface area contributed by atoms with E-state index in [1.807, 2.05) is 35.0 Å². The van der Waals surface area contributed by atoms with E-state index < -0.39 is 0 Å². The average molecular weight is 391 g/mol. The first-order valence-corrected chi connectivity index (χ1v) is 9.19. The molecule has 4 rings (SSSR count). The number of carbonyl (C=O) groups is 1. The Hall–Kier alpha value is -3.65. The summed E-state index contributed by atoms with van der Waals surface area (Å²) in [7, 11) is 1.61. The van der Waals surface area contributed by atoms with Crippen molar-refractivity contribution in [2.75, 3.05) is 25.6 Å². The Balaban J connectivity index is 1.39. The summed E-state index contributed by atoms with van der Waals surface area (Å²) in [5.74, 6) is 0.395. The lowest BCUT2D eigenvalue weighted by Crippen LogP contribution is -2.12. The Morgan fingerprint density at radius 3 is 2.93 bits per heavy atom. The Bertz CT molecular complexity index is 1090. The summed E-state index contributed by atoms with van der Waals surface area (Å²) < 4.78 is 14.2. The van der Waals surface area contributed by atoms with Crippen LogP contribution in [0, 0.1) is 0 Å². The Morgan fingerprint density at radius 1 is 1.14 bits per heavy atom. The number of pyridine rings is 1. The van der Waals surface area contributed by atoms with Gasteiger partial charge in [0.1, 0.15) is 18.0 Å². The standard InChI is InChI=1S/C21H21N5O3/c1-28-9-10-29-19-6-4-5-16(11-19)21(27)24-17-12-22-26(14-17)15-18-13-25-8-3-2-7-20(25)23-18/h2-8,11-14H,9-10,15H2,1H3,(H,24,27). The van der Waals surface area contributed by atoms with Gasteiger partial charge in [-0.15, -0.1) is 0 Å². The van der Waals surface area contributed by atoms with Crippen LogP contribution in [0.25, 0.3) is 5.65 Å². The van der Waals surface area contributed by atoms with E-state index in [1.165, 1.54) is 0 Å². The van der Waals surface area contributed by atoms with Crippen LogP contribution in [0.1, 0.15) is 16.1 Å². The zero-order chi connectivity index (χ0) is 20.1. The molecule has 0 aliphatic heterocycles. The van der Waals surface area contributed by atoms with Crippen molar-refractivity contribution in [2.24, 2.45) is 0 Å². The minimum Gasteiger partial charge on any atom is -0.491 e. The molecule has 8 heteroatoms. The summed E-state index contributed by atoms with van der Waals surface area (Å²) in [6.07, 6.45) is 7.31. The van der Waals surface area contributed by atoms with E-state index in [0.717, 1.165) is 11.3 Å². The number of aromatic nitrogens is 4. The van der Waals surface area contributed by atoms with Crippen LogP contribution < -0.4 is 10.1 Å². The molecule has 0 atom stereocenters. The van der Waals surface area contributed by atoms with E-state index in [-0.39, 0.29) is 5.91 Å². The van der Waals surface area contributed by atoms with Crippen LogP contribution in [0.2, 0.25) is 0 Å². The van der Waals surface area contributed by atoms with E-state index >= 15 is 0 Å². The SMILES string of the molecule is COCCOc1cccc(C(=O)Nc2cnn(Cc3cn4ccccc4n3)c2)c1. The molecule has 0 bridgehead atoms. The number of benzene rings is 1. The smallest absolute Gasteiger partial charge is 0.255 e. The molecule has 0 saturated heterocycles. The van der Waals surface area contributed by atoms with Gasteiger partial charge in [0.05, 0.1) is 30.7 Å². The number of rotatable bonds is 8. The summed E-state index contributed by atoms with van der Waals surface area (Å²) in [5, 5.41) is 7.17. The number of nitrogens with zero attached hydrogens (tertiary/aromatic N) is 4. The summed E-state index contributed by atoms with van der Waals surface area (Å²) in [6, 6.07) is 12.9. The Kier molecular flexibility index (Phi) is 5.53. The van der Waals surface area contributed by atoms with Crippen molar-refractivity contribution in [3.05, 3.63) is 78.5 Å². The van der Waals surface area contributed by atoms with Crippen molar-refractivity contribution >= 4 is 17.2 Å². The van der Waals surface area contributed by atoms with E-state index in [4.69, 9.17) is 9.47 Å². The molecule has 1 N–H and O–H groups in total. The van der Waals surface area contributed by atoms with Crippen molar-refractivity contribution in [1.82, 2.24) is 19.2 Å². The van der Waals surface area contributed by atoms with Gasteiger partial charge in [0.15, 0.2) is 0 Å². The van der Waals surface area contributed by atoms with Crippen molar-refractivity contribution in [3.63, 3.8) is 0 Å². The van der Waals surface area contributed by atoms with Crippen molar-refractivity contribution in [3.8, 4) is 5.75 Å². The van der Waals surface area contributed by atoms with Gasteiger partial charge in [-0.2, -0.15) is 5.10 Å². The van der Waals surface area contributed by atoms with Crippen LogP contribution in [0.3, 0.4) is 0 Å². The predicted molar refractivity (Wildman–Crippen MR) is 108 cm³/mol. The number of ether oxygens (including phenoxy) is 2. The largest absolute Gasteiger partial charge is 0.491 e. The highest BCUT2D eigenvalue weighted by molar-refractivity contribution is 6.04. The molecule has 1 amide bonds. The molecule has 148 valence electrons. The molecule has 0 aliphatic rings. The molecule has 3 aromatic heterocycles. The number of nitrogens with one attached hydrogen (secondary N) is 1. The molecular weight excluding hydrogens is 370 g/mol. The molecule has 29 heavy (non-hydrogen) atoms. The summed E-state index contributed by atoms with van der Waals surface area (Å²) >= 11 is 0. The highest BCUT2D eigenvalue weighted by atomic mass is 16.5. The normalized spacial score (nSPS) is 10.9. The molecule has 3 heterocycles. The highest BCUT2D eigenvalue weighted by Gasteiger charge is 2.10. The molecule has 0 unspecified atom stereocenters. The average Bonchev–Trinajstić information content (AvgIpc) is 3.34. The number of amides is 1. The predicted octanol–water partition coefficient (Wildman–Crippen LogP) is 2.86. The summed E-state index contributed by atoms with van der Waals surface area (Å²) in [5.41, 5.74) is 2.89. The molecule has 0 aliphatic carbocycles. The fraction of sp³-hybridized carbons (Fsp3) is 0.190. The number of anilines is 1.